The van der Waals surface area contributed by atoms with E-state index in [4.69, 9.17) is 9.16 Å². The molecule has 19 heavy (non-hydrogen) atoms. The van der Waals surface area contributed by atoms with Crippen LogP contribution in [0.5, 0.6) is 0 Å². The molecule has 112 valence electrons. The van der Waals surface area contributed by atoms with Gasteiger partial charge in [-0.15, -0.1) is 0 Å². The molecule has 1 fully saturated rings. The molecule has 0 saturated carbocycles. The van der Waals surface area contributed by atoms with Crippen LogP contribution in [0.1, 0.15) is 52.9 Å². The van der Waals surface area contributed by atoms with E-state index in [1.807, 2.05) is 0 Å². The molecule has 1 saturated heterocycles. The summed E-state index contributed by atoms with van der Waals surface area (Å²) in [7, 11) is -1.63. The molecule has 3 nitrogen and oxygen atoms in total. The number of hydrogen-bond acceptors (Lipinski definition) is 3. The van der Waals surface area contributed by atoms with E-state index in [2.05, 4.69) is 33.9 Å². The second-order valence-electron chi connectivity index (χ2n) is 7.11. The number of rotatable bonds is 6. The van der Waals surface area contributed by atoms with Gasteiger partial charge in [0.15, 0.2) is 8.32 Å². The maximum absolute atomic E-state index is 10.5. The highest BCUT2D eigenvalue weighted by Crippen LogP contribution is 2.36. The highest BCUT2D eigenvalue weighted by atomic mass is 28.4. The van der Waals surface area contributed by atoms with Crippen LogP contribution in [-0.2, 0) is 14.0 Å². The maximum atomic E-state index is 10.5. The molecule has 0 aromatic carbocycles. The lowest BCUT2D eigenvalue weighted by molar-refractivity contribution is -0.114. The third kappa shape index (κ3) is 5.36. The summed E-state index contributed by atoms with van der Waals surface area (Å²) in [6.07, 6.45) is 6.20. The van der Waals surface area contributed by atoms with Crippen molar-refractivity contribution in [2.75, 3.05) is 6.61 Å². The number of ether oxygens (including phenoxy) is 1. The van der Waals surface area contributed by atoms with E-state index in [1.54, 1.807) is 0 Å². The number of aldehydes is 1. The zero-order valence-electron chi connectivity index (χ0n) is 13.2. The first-order valence-corrected chi connectivity index (χ1v) is 10.4. The molecule has 0 aromatic heterocycles. The molecule has 0 aromatic rings. The summed E-state index contributed by atoms with van der Waals surface area (Å²) in [5, 5.41) is 0.264. The van der Waals surface area contributed by atoms with Gasteiger partial charge in [-0.3, -0.25) is 0 Å². The highest BCUT2D eigenvalue weighted by Gasteiger charge is 2.37. The summed E-state index contributed by atoms with van der Waals surface area (Å²) in [6, 6.07) is 0. The van der Waals surface area contributed by atoms with Crippen LogP contribution in [0.15, 0.2) is 0 Å². The van der Waals surface area contributed by atoms with E-state index >= 15 is 0 Å². The van der Waals surface area contributed by atoms with Crippen molar-refractivity contribution in [2.24, 2.45) is 0 Å². The molecular formula is C15H30O3Si. The van der Waals surface area contributed by atoms with Gasteiger partial charge in [0.25, 0.3) is 0 Å². The Morgan fingerprint density at radius 3 is 2.47 bits per heavy atom. The topological polar surface area (TPSA) is 35.5 Å². The van der Waals surface area contributed by atoms with Crippen molar-refractivity contribution >= 4 is 14.6 Å². The van der Waals surface area contributed by atoms with Gasteiger partial charge in [0, 0.05) is 13.0 Å². The second-order valence-corrected chi connectivity index (χ2v) is 11.9. The Hall–Kier alpha value is -0.193. The zero-order valence-corrected chi connectivity index (χ0v) is 14.2. The molecule has 0 aliphatic carbocycles. The molecule has 4 heteroatoms. The molecule has 0 bridgehead atoms. The Bertz CT molecular complexity index is 284. The number of carbonyl (C=O) groups excluding carboxylic acids is 1. The van der Waals surface area contributed by atoms with Crippen molar-refractivity contribution in [3.63, 3.8) is 0 Å². The Balaban J connectivity index is 2.31. The zero-order chi connectivity index (χ0) is 14.5. The average molecular weight is 286 g/mol. The van der Waals surface area contributed by atoms with Crippen LogP contribution in [0, 0.1) is 0 Å². The van der Waals surface area contributed by atoms with Crippen LogP contribution in [-0.4, -0.2) is 33.4 Å². The molecule has 0 radical (unpaired) electrons. The van der Waals surface area contributed by atoms with Gasteiger partial charge in [-0.25, -0.2) is 0 Å². The van der Waals surface area contributed by atoms with Crippen molar-refractivity contribution in [1.29, 1.82) is 0 Å². The molecular weight excluding hydrogens is 256 g/mol. The summed E-state index contributed by atoms with van der Waals surface area (Å²) in [5.41, 5.74) is 0. The van der Waals surface area contributed by atoms with E-state index in [1.165, 1.54) is 6.42 Å². The molecule has 2 atom stereocenters. The number of carbonyl (C=O) groups is 1. The fraction of sp³-hybridized carbons (Fsp3) is 0.933. The minimum atomic E-state index is -1.63. The van der Waals surface area contributed by atoms with Gasteiger partial charge in [0.2, 0.25) is 0 Å². The van der Waals surface area contributed by atoms with Crippen molar-refractivity contribution < 1.29 is 14.0 Å². The Labute approximate surface area is 119 Å². The predicted molar refractivity (Wildman–Crippen MR) is 81.0 cm³/mol. The van der Waals surface area contributed by atoms with Gasteiger partial charge in [-0.05, 0) is 43.8 Å². The quantitative estimate of drug-likeness (QED) is 0.548. The van der Waals surface area contributed by atoms with Crippen LogP contribution >= 0.6 is 0 Å². The first kappa shape index (κ1) is 16.9. The van der Waals surface area contributed by atoms with E-state index in [0.29, 0.717) is 6.42 Å². The molecule has 0 N–H and O–H groups in total. The molecule has 1 aliphatic heterocycles. The molecule has 1 heterocycles. The smallest absolute Gasteiger partial charge is 0.191 e. The largest absolute Gasteiger partial charge is 0.417 e. The van der Waals surface area contributed by atoms with Crippen molar-refractivity contribution in [3.8, 4) is 0 Å². The van der Waals surface area contributed by atoms with E-state index in [9.17, 15) is 4.79 Å². The highest BCUT2D eigenvalue weighted by molar-refractivity contribution is 6.74. The van der Waals surface area contributed by atoms with Crippen LogP contribution in [0.3, 0.4) is 0 Å². The fourth-order valence-electron chi connectivity index (χ4n) is 2.14. The standard InChI is InChI=1S/C15H30O3Si/c1-15(2,3)19(4,5)17-12-10-14-8-6-7-13(18-14)9-11-16/h11,13-14H,6-10,12H2,1-5H3/t13-,14-/m1/s1. The Morgan fingerprint density at radius 2 is 1.89 bits per heavy atom. The monoisotopic (exact) mass is 286 g/mol. The Morgan fingerprint density at radius 1 is 1.26 bits per heavy atom. The van der Waals surface area contributed by atoms with Gasteiger partial charge in [-0.2, -0.15) is 0 Å². The summed E-state index contributed by atoms with van der Waals surface area (Å²) in [5.74, 6) is 0. The molecule has 0 spiro atoms. The SMILES string of the molecule is CC(C)(C)[Si](C)(C)OCC[C@H]1CCC[C@H](CC=O)O1. The van der Waals surface area contributed by atoms with Crippen LogP contribution in [0.2, 0.25) is 18.1 Å². The average Bonchev–Trinajstić information content (AvgIpc) is 2.28. The lowest BCUT2D eigenvalue weighted by atomic mass is 10.0. The second kappa shape index (κ2) is 7.00. The summed E-state index contributed by atoms with van der Waals surface area (Å²) in [4.78, 5) is 10.5. The minimum absolute atomic E-state index is 0.143. The first-order chi connectivity index (χ1) is 8.76. The van der Waals surface area contributed by atoms with Gasteiger partial charge in [-0.1, -0.05) is 20.8 Å². The molecule has 1 aliphatic rings. The van der Waals surface area contributed by atoms with E-state index < -0.39 is 8.32 Å². The van der Waals surface area contributed by atoms with Crippen LogP contribution in [0.25, 0.3) is 0 Å². The number of hydrogen-bond donors (Lipinski definition) is 0. The Kier molecular flexibility index (Phi) is 6.21. The van der Waals surface area contributed by atoms with Crippen molar-refractivity contribution in [1.82, 2.24) is 0 Å². The van der Waals surface area contributed by atoms with E-state index in [-0.39, 0.29) is 17.2 Å². The van der Waals surface area contributed by atoms with Crippen molar-refractivity contribution in [2.45, 2.75) is 83.2 Å². The van der Waals surface area contributed by atoms with Crippen LogP contribution < -0.4 is 0 Å². The van der Waals surface area contributed by atoms with Gasteiger partial charge in [0.05, 0.1) is 12.2 Å². The van der Waals surface area contributed by atoms with Crippen LogP contribution in [0.4, 0.5) is 0 Å². The summed E-state index contributed by atoms with van der Waals surface area (Å²) < 4.78 is 12.1. The van der Waals surface area contributed by atoms with Gasteiger partial charge in [0.1, 0.15) is 6.29 Å². The van der Waals surface area contributed by atoms with E-state index in [0.717, 1.165) is 32.2 Å². The third-order valence-corrected chi connectivity index (χ3v) is 9.04. The predicted octanol–water partition coefficient (Wildman–Crippen LogP) is 3.93. The minimum Gasteiger partial charge on any atom is -0.417 e. The van der Waals surface area contributed by atoms with Crippen molar-refractivity contribution in [3.05, 3.63) is 0 Å². The lowest BCUT2D eigenvalue weighted by Gasteiger charge is -2.37. The summed E-state index contributed by atoms with van der Waals surface area (Å²) in [6.45, 7) is 12.1. The third-order valence-electron chi connectivity index (χ3n) is 4.51. The normalized spacial score (nSPS) is 25.3. The van der Waals surface area contributed by atoms with Gasteiger partial charge >= 0.3 is 0 Å². The van der Waals surface area contributed by atoms with Gasteiger partial charge < -0.3 is 14.0 Å². The fourth-order valence-corrected chi connectivity index (χ4v) is 3.20. The molecule has 0 amide bonds. The molecule has 0 unspecified atom stereocenters. The molecule has 1 rings (SSSR count). The first-order valence-electron chi connectivity index (χ1n) is 7.49. The lowest BCUT2D eigenvalue weighted by Crippen LogP contribution is -2.41. The maximum Gasteiger partial charge on any atom is 0.191 e. The summed E-state index contributed by atoms with van der Waals surface area (Å²) >= 11 is 0.